The Kier molecular flexibility index (Phi) is 5.07. The molecule has 21 heavy (non-hydrogen) atoms. The number of piperidine rings is 1. The van der Waals surface area contributed by atoms with Crippen molar-refractivity contribution in [3.63, 3.8) is 0 Å². The van der Waals surface area contributed by atoms with Crippen LogP contribution in [0.1, 0.15) is 46.5 Å². The zero-order valence-corrected chi connectivity index (χ0v) is 14.0. The van der Waals surface area contributed by atoms with Crippen molar-refractivity contribution in [1.29, 1.82) is 0 Å². The number of rotatable bonds is 3. The van der Waals surface area contributed by atoms with E-state index < -0.39 is 12.0 Å². The second kappa shape index (κ2) is 6.46. The highest BCUT2D eigenvalue weighted by atomic mass is 32.2. The minimum absolute atomic E-state index is 0.00800. The first kappa shape index (κ1) is 16.5. The van der Waals surface area contributed by atoms with Gasteiger partial charge in [-0.1, -0.05) is 27.2 Å². The van der Waals surface area contributed by atoms with Gasteiger partial charge in [0.2, 0.25) is 0 Å². The van der Waals surface area contributed by atoms with Crippen LogP contribution in [0.25, 0.3) is 0 Å². The summed E-state index contributed by atoms with van der Waals surface area (Å²) in [5.74, 6) is -0.381. The lowest BCUT2D eigenvalue weighted by atomic mass is 9.84. The lowest BCUT2D eigenvalue weighted by Crippen LogP contribution is -2.54. The van der Waals surface area contributed by atoms with Gasteiger partial charge in [-0.05, 0) is 24.7 Å². The number of carbonyl (C=O) groups excluding carboxylic acids is 1. The van der Waals surface area contributed by atoms with Crippen molar-refractivity contribution in [2.45, 2.75) is 57.9 Å². The van der Waals surface area contributed by atoms with Gasteiger partial charge in [0.05, 0.1) is 5.37 Å². The summed E-state index contributed by atoms with van der Waals surface area (Å²) in [4.78, 5) is 27.8. The number of carbonyl (C=O) groups is 2. The number of amides is 2. The second-order valence-electron chi connectivity index (χ2n) is 6.81. The summed E-state index contributed by atoms with van der Waals surface area (Å²) in [6.07, 6.45) is 3.93. The van der Waals surface area contributed by atoms with Crippen LogP contribution >= 0.6 is 11.8 Å². The molecule has 2 aliphatic rings. The fourth-order valence-corrected chi connectivity index (χ4v) is 4.74. The van der Waals surface area contributed by atoms with E-state index in [1.807, 2.05) is 4.90 Å². The van der Waals surface area contributed by atoms with E-state index in [2.05, 4.69) is 20.8 Å². The van der Waals surface area contributed by atoms with E-state index in [0.29, 0.717) is 5.75 Å². The standard InChI is InChI=1S/C15H26N2O3S/c1-4-6-12-17(11(9-21-12)13(18)19)14(20)16-8-5-7-15(2,3)10-16/h11-12H,4-10H2,1-3H3,(H,18,19). The minimum Gasteiger partial charge on any atom is -0.480 e. The maximum Gasteiger partial charge on any atom is 0.327 e. The van der Waals surface area contributed by atoms with Gasteiger partial charge in [0.1, 0.15) is 6.04 Å². The van der Waals surface area contributed by atoms with Crippen LogP contribution in [0.5, 0.6) is 0 Å². The first-order valence-corrected chi connectivity index (χ1v) is 8.82. The number of thioether (sulfide) groups is 1. The number of hydrogen-bond acceptors (Lipinski definition) is 3. The maximum atomic E-state index is 12.9. The highest BCUT2D eigenvalue weighted by molar-refractivity contribution is 8.00. The molecule has 2 heterocycles. The molecule has 2 saturated heterocycles. The summed E-state index contributed by atoms with van der Waals surface area (Å²) in [7, 11) is 0. The lowest BCUT2D eigenvalue weighted by molar-refractivity contribution is -0.141. The summed E-state index contributed by atoms with van der Waals surface area (Å²) < 4.78 is 0. The summed E-state index contributed by atoms with van der Waals surface area (Å²) >= 11 is 1.60. The molecule has 1 N–H and O–H groups in total. The lowest BCUT2D eigenvalue weighted by Gasteiger charge is -2.41. The molecule has 2 atom stereocenters. The van der Waals surface area contributed by atoms with Crippen LogP contribution in [0.2, 0.25) is 0 Å². The number of urea groups is 1. The Labute approximate surface area is 131 Å². The van der Waals surface area contributed by atoms with Gasteiger partial charge >= 0.3 is 12.0 Å². The molecule has 5 nitrogen and oxygen atoms in total. The molecule has 0 bridgehead atoms. The molecule has 0 aromatic carbocycles. The monoisotopic (exact) mass is 314 g/mol. The Balaban J connectivity index is 2.14. The maximum absolute atomic E-state index is 12.9. The summed E-state index contributed by atoms with van der Waals surface area (Å²) in [5.41, 5.74) is 0.125. The third kappa shape index (κ3) is 3.65. The highest BCUT2D eigenvalue weighted by Gasteiger charge is 2.44. The van der Waals surface area contributed by atoms with Crippen molar-refractivity contribution >= 4 is 23.8 Å². The molecule has 0 aromatic rings. The predicted molar refractivity (Wildman–Crippen MR) is 84.4 cm³/mol. The van der Waals surface area contributed by atoms with Crippen LogP contribution in [0.4, 0.5) is 4.79 Å². The number of carboxylic acid groups (broad SMARTS) is 1. The summed E-state index contributed by atoms with van der Waals surface area (Å²) in [5, 5.41) is 9.40. The van der Waals surface area contributed by atoms with Crippen molar-refractivity contribution in [3.05, 3.63) is 0 Å². The topological polar surface area (TPSA) is 60.9 Å². The Morgan fingerprint density at radius 2 is 2.10 bits per heavy atom. The van der Waals surface area contributed by atoms with Crippen LogP contribution in [0.3, 0.4) is 0 Å². The van der Waals surface area contributed by atoms with Crippen LogP contribution in [0.15, 0.2) is 0 Å². The van der Waals surface area contributed by atoms with Crippen molar-refractivity contribution in [3.8, 4) is 0 Å². The largest absolute Gasteiger partial charge is 0.480 e. The fourth-order valence-electron chi connectivity index (χ4n) is 3.23. The Hall–Kier alpha value is -0.910. The molecule has 120 valence electrons. The Morgan fingerprint density at radius 3 is 2.67 bits per heavy atom. The van der Waals surface area contributed by atoms with Gasteiger partial charge in [-0.25, -0.2) is 9.59 Å². The minimum atomic E-state index is -0.884. The van der Waals surface area contributed by atoms with Crippen LogP contribution < -0.4 is 0 Å². The van der Waals surface area contributed by atoms with E-state index >= 15 is 0 Å². The molecule has 0 spiro atoms. The predicted octanol–water partition coefficient (Wildman–Crippen LogP) is 2.86. The zero-order chi connectivity index (χ0) is 15.6. The van der Waals surface area contributed by atoms with Gasteiger partial charge < -0.3 is 10.0 Å². The second-order valence-corrected chi connectivity index (χ2v) is 8.02. The molecule has 0 saturated carbocycles. The van der Waals surface area contributed by atoms with Gasteiger partial charge in [0, 0.05) is 18.8 Å². The molecular formula is C15H26N2O3S. The van der Waals surface area contributed by atoms with Gasteiger partial charge in [-0.3, -0.25) is 4.90 Å². The quantitative estimate of drug-likeness (QED) is 0.870. The number of hydrogen-bond donors (Lipinski definition) is 1. The molecule has 2 rings (SSSR count). The highest BCUT2D eigenvalue weighted by Crippen LogP contribution is 2.35. The number of nitrogens with zero attached hydrogens (tertiary/aromatic N) is 2. The van der Waals surface area contributed by atoms with Crippen molar-refractivity contribution in [2.24, 2.45) is 5.41 Å². The van der Waals surface area contributed by atoms with E-state index in [1.54, 1.807) is 16.7 Å². The van der Waals surface area contributed by atoms with E-state index in [0.717, 1.165) is 38.8 Å². The Bertz CT molecular complexity index is 414. The molecule has 2 aliphatic heterocycles. The van der Waals surface area contributed by atoms with Gasteiger partial charge in [0.15, 0.2) is 0 Å². The van der Waals surface area contributed by atoms with Gasteiger partial charge in [-0.2, -0.15) is 0 Å². The SMILES string of the molecule is CCCC1SCC(C(=O)O)N1C(=O)N1CCCC(C)(C)C1. The fraction of sp³-hybridized carbons (Fsp3) is 0.867. The molecular weight excluding hydrogens is 288 g/mol. The molecule has 0 aliphatic carbocycles. The number of aliphatic carboxylic acids is 1. The van der Waals surface area contributed by atoms with Crippen molar-refractivity contribution < 1.29 is 14.7 Å². The number of likely N-dealkylation sites (tertiary alicyclic amines) is 1. The molecule has 2 unspecified atom stereocenters. The van der Waals surface area contributed by atoms with Crippen LogP contribution in [-0.4, -0.2) is 57.2 Å². The van der Waals surface area contributed by atoms with Crippen molar-refractivity contribution in [1.82, 2.24) is 9.80 Å². The van der Waals surface area contributed by atoms with Crippen molar-refractivity contribution in [2.75, 3.05) is 18.8 Å². The van der Waals surface area contributed by atoms with E-state index in [4.69, 9.17) is 0 Å². The first-order chi connectivity index (χ1) is 9.85. The summed E-state index contributed by atoms with van der Waals surface area (Å²) in [6.45, 7) is 7.88. The number of carboxylic acids is 1. The molecule has 2 amide bonds. The van der Waals surface area contributed by atoms with E-state index in [-0.39, 0.29) is 16.8 Å². The van der Waals surface area contributed by atoms with E-state index in [9.17, 15) is 14.7 Å². The Morgan fingerprint density at radius 1 is 1.38 bits per heavy atom. The summed E-state index contributed by atoms with van der Waals surface area (Å²) in [6, 6.07) is -0.761. The van der Waals surface area contributed by atoms with Crippen LogP contribution in [0, 0.1) is 5.41 Å². The smallest absolute Gasteiger partial charge is 0.327 e. The van der Waals surface area contributed by atoms with Crippen LogP contribution in [-0.2, 0) is 4.79 Å². The third-order valence-corrected chi connectivity index (χ3v) is 5.66. The zero-order valence-electron chi connectivity index (χ0n) is 13.2. The molecule has 0 radical (unpaired) electrons. The molecule has 6 heteroatoms. The molecule has 0 aromatic heterocycles. The third-order valence-electron chi connectivity index (χ3n) is 4.31. The normalized spacial score (nSPS) is 28.7. The van der Waals surface area contributed by atoms with E-state index in [1.165, 1.54) is 0 Å². The van der Waals surface area contributed by atoms with Gasteiger partial charge in [-0.15, -0.1) is 11.8 Å². The van der Waals surface area contributed by atoms with Gasteiger partial charge in [0.25, 0.3) is 0 Å². The molecule has 2 fully saturated rings. The first-order valence-electron chi connectivity index (χ1n) is 7.77. The average molecular weight is 314 g/mol. The average Bonchev–Trinajstić information content (AvgIpc) is 2.81.